The summed E-state index contributed by atoms with van der Waals surface area (Å²) in [6, 6.07) is 18.2. The van der Waals surface area contributed by atoms with E-state index >= 15 is 0 Å². The van der Waals surface area contributed by atoms with Crippen molar-refractivity contribution in [2.45, 2.75) is 91.5 Å². The number of nitrogens with zero attached hydrogens (tertiary/aromatic N) is 8. The molecule has 2 amide bonds. The van der Waals surface area contributed by atoms with E-state index in [-0.39, 0.29) is 73.4 Å². The van der Waals surface area contributed by atoms with Crippen molar-refractivity contribution < 1.29 is 89.6 Å². The Kier molecular flexibility index (Phi) is 22.9. The summed E-state index contributed by atoms with van der Waals surface area (Å²) in [5.41, 5.74) is 5.63. The number of carbonyl (C=O) groups excluding carboxylic acids is 6. The van der Waals surface area contributed by atoms with Gasteiger partial charge >= 0.3 is 63.6 Å². The molecule has 0 aliphatic carbocycles. The van der Waals surface area contributed by atoms with Crippen molar-refractivity contribution >= 4 is 175 Å². The molecule has 0 fully saturated rings. The van der Waals surface area contributed by atoms with Crippen molar-refractivity contribution in [3.05, 3.63) is 94.2 Å². The number of ether oxygens (including phenoxy) is 2. The number of fused-ring (bicyclic) bond motifs is 2. The van der Waals surface area contributed by atoms with Crippen molar-refractivity contribution in [2.75, 3.05) is 21.3 Å². The van der Waals surface area contributed by atoms with Gasteiger partial charge in [-0.15, -0.1) is 20.4 Å². The zero-order valence-corrected chi connectivity index (χ0v) is 53.4. The molecular formula is C50H50BrCl2KN12O8S4. The van der Waals surface area contributed by atoms with Gasteiger partial charge in [-0.05, 0) is 120 Å². The minimum absolute atomic E-state index is 0. The SMILES string of the molecule is CC(=O)Nc1cc(CBr)cc(-c2nnc(Nc3ccc4c(cnn4C(=O)OC(C)(C)C)c3Cl)s2)c1.CC(=O)Nc1cc(CSC(C)=O)cc(-c2nnc(Nc3ccc4c(cnn4C(=O)OC(C)(C)C)c3Cl)s2)c1.CC(=O)[S-].[K+]. The Morgan fingerprint density at radius 1 is 0.641 bits per heavy atom. The molecule has 78 heavy (non-hydrogen) atoms. The van der Waals surface area contributed by atoms with Gasteiger partial charge in [-0.2, -0.15) is 19.6 Å². The summed E-state index contributed by atoms with van der Waals surface area (Å²) in [7, 11) is 0. The number of rotatable bonds is 11. The number of aromatic nitrogens is 8. The third kappa shape index (κ3) is 18.3. The Labute approximate surface area is 527 Å². The van der Waals surface area contributed by atoms with Crippen LogP contribution < -0.4 is 72.7 Å². The number of halogens is 3. The molecule has 8 rings (SSSR count). The molecular weight excluding hydrogens is 1210 g/mol. The number of amides is 2. The maximum atomic E-state index is 12.5. The van der Waals surface area contributed by atoms with E-state index in [1.54, 1.807) is 71.9 Å². The van der Waals surface area contributed by atoms with E-state index in [0.29, 0.717) is 86.0 Å². The Balaban J connectivity index is 0.000000266. The van der Waals surface area contributed by atoms with Gasteiger partial charge in [0.2, 0.25) is 22.1 Å². The molecule has 0 aliphatic heterocycles. The Bertz CT molecular complexity index is 3540. The van der Waals surface area contributed by atoms with Gasteiger partial charge in [0.05, 0.1) is 44.8 Å². The number of hydrogen-bond acceptors (Lipinski definition) is 20. The van der Waals surface area contributed by atoms with Gasteiger partial charge in [0, 0.05) is 70.2 Å². The van der Waals surface area contributed by atoms with Crippen LogP contribution in [0.5, 0.6) is 0 Å². The summed E-state index contributed by atoms with van der Waals surface area (Å²) in [6.07, 6.45) is 1.85. The van der Waals surface area contributed by atoms with Crippen LogP contribution in [0.25, 0.3) is 42.9 Å². The molecule has 0 unspecified atom stereocenters. The van der Waals surface area contributed by atoms with Crippen molar-refractivity contribution in [1.82, 2.24) is 40.0 Å². The van der Waals surface area contributed by atoms with E-state index in [9.17, 15) is 28.8 Å². The van der Waals surface area contributed by atoms with Crippen LogP contribution in [0.1, 0.15) is 80.4 Å². The van der Waals surface area contributed by atoms with Crippen molar-refractivity contribution in [3.8, 4) is 21.1 Å². The first-order valence-electron chi connectivity index (χ1n) is 22.9. The van der Waals surface area contributed by atoms with Gasteiger partial charge in [-0.25, -0.2) is 9.59 Å². The second-order valence-electron chi connectivity index (χ2n) is 18.5. The average molecular weight is 1270 g/mol. The topological polar surface area (TPSA) is 256 Å². The van der Waals surface area contributed by atoms with Crippen LogP contribution in [0.4, 0.5) is 42.6 Å². The number of carbonyl (C=O) groups is 6. The quantitative estimate of drug-likeness (QED) is 0.0533. The molecule has 8 aromatic rings. The standard InChI is InChI=1S/C25H25ClN6O4S2.C23H22BrClN6O3S.C2H4OS.K/c1-13(33)28-17-9-15(12-37-14(2)34)8-16(10-17)22-30-31-23(38-22)29-19-6-7-20-18(21(19)26)11-27-32(20)24(35)36-25(3,4)5;1-12(32)27-15-8-13(10-24)7-14(9-15)20-29-30-21(35-20)28-17-5-6-18-16(19(17)25)11-26-31(18)22(33)34-23(2,3)4;1-2(3)4;/h6-11H,12H2,1-5H3,(H,28,33)(H,29,31);5-9,11H,10H2,1-4H3,(H,27,32)(H,28,30);1H3,(H,3,4);/q;;;+1/p-1. The molecule has 0 aliphatic rings. The summed E-state index contributed by atoms with van der Waals surface area (Å²) in [5, 5.41) is 41.9. The molecule has 20 nitrogen and oxygen atoms in total. The van der Waals surface area contributed by atoms with Gasteiger partial charge < -0.3 is 48.2 Å². The molecule has 0 radical (unpaired) electrons. The van der Waals surface area contributed by atoms with Crippen LogP contribution in [0.3, 0.4) is 0 Å². The second-order valence-corrected chi connectivity index (χ2v) is 23.5. The Morgan fingerprint density at radius 2 is 1.04 bits per heavy atom. The largest absolute Gasteiger partial charge is 1.00 e. The summed E-state index contributed by atoms with van der Waals surface area (Å²) in [4.78, 5) is 68.8. The first kappa shape index (κ1) is 63.9. The number of anilines is 6. The summed E-state index contributed by atoms with van der Waals surface area (Å²) in [6.45, 7) is 16.5. The smallest absolute Gasteiger partial charge is 0.742 e. The van der Waals surface area contributed by atoms with Crippen molar-refractivity contribution in [2.24, 2.45) is 0 Å². The van der Waals surface area contributed by atoms with Crippen molar-refractivity contribution in [3.63, 3.8) is 0 Å². The first-order valence-corrected chi connectivity index (χ1v) is 27.8. The summed E-state index contributed by atoms with van der Waals surface area (Å²) in [5.74, 6) is 0.112. The predicted octanol–water partition coefficient (Wildman–Crippen LogP) is 10.1. The number of nitrogens with one attached hydrogen (secondary N) is 4. The van der Waals surface area contributed by atoms with Gasteiger partial charge in [0.25, 0.3) is 0 Å². The van der Waals surface area contributed by atoms with E-state index in [4.69, 9.17) is 32.7 Å². The fourth-order valence-electron chi connectivity index (χ4n) is 6.77. The van der Waals surface area contributed by atoms with Gasteiger partial charge in [-0.1, -0.05) is 73.6 Å². The normalized spacial score (nSPS) is 11.0. The minimum Gasteiger partial charge on any atom is -0.742 e. The molecule has 4 N–H and O–H groups in total. The molecule has 0 saturated heterocycles. The minimum atomic E-state index is -0.662. The molecule has 0 spiro atoms. The van der Waals surface area contributed by atoms with Crippen LogP contribution in [0.2, 0.25) is 10.0 Å². The van der Waals surface area contributed by atoms with Gasteiger partial charge in [0.1, 0.15) is 21.2 Å². The summed E-state index contributed by atoms with van der Waals surface area (Å²) < 4.78 is 13.2. The zero-order valence-electron chi connectivity index (χ0n) is 44.0. The maximum Gasteiger partial charge on any atom is 1.00 e. The number of alkyl halides is 1. The van der Waals surface area contributed by atoms with Crippen LogP contribution in [-0.2, 0) is 52.4 Å². The first-order chi connectivity index (χ1) is 36.2. The fraction of sp³-hybridized carbons (Fsp3) is 0.280. The van der Waals surface area contributed by atoms with E-state index in [2.05, 4.69) is 80.4 Å². The molecule has 4 aromatic carbocycles. The Morgan fingerprint density at radius 3 is 1.41 bits per heavy atom. The van der Waals surface area contributed by atoms with E-state index in [1.807, 2.05) is 30.3 Å². The number of hydrogen-bond donors (Lipinski definition) is 4. The van der Waals surface area contributed by atoms with E-state index in [1.165, 1.54) is 83.9 Å². The van der Waals surface area contributed by atoms with Crippen LogP contribution in [-0.4, -0.2) is 85.4 Å². The fourth-order valence-corrected chi connectivity index (χ4v) is 9.63. The van der Waals surface area contributed by atoms with Gasteiger partial charge in [0.15, 0.2) is 5.12 Å². The van der Waals surface area contributed by atoms with E-state index in [0.717, 1.165) is 22.3 Å². The van der Waals surface area contributed by atoms with E-state index < -0.39 is 23.4 Å². The molecule has 0 bridgehead atoms. The third-order valence-corrected chi connectivity index (χ3v) is 13.7. The number of benzene rings is 4. The molecule has 28 heteroatoms. The van der Waals surface area contributed by atoms with Crippen molar-refractivity contribution in [1.29, 1.82) is 0 Å². The molecule has 4 heterocycles. The Hall–Kier alpha value is -4.97. The predicted molar refractivity (Wildman–Crippen MR) is 311 cm³/mol. The monoisotopic (exact) mass is 1260 g/mol. The molecule has 0 saturated carbocycles. The molecule has 404 valence electrons. The third-order valence-electron chi connectivity index (χ3n) is 9.56. The number of thioether (sulfide) groups is 1. The average Bonchev–Trinajstić information content (AvgIpc) is 4.16. The van der Waals surface area contributed by atoms with Crippen LogP contribution in [0, 0.1) is 0 Å². The van der Waals surface area contributed by atoms with Crippen LogP contribution >= 0.6 is 73.6 Å². The second kappa shape index (κ2) is 27.9. The van der Waals surface area contributed by atoms with Crippen LogP contribution in [0.15, 0.2) is 73.1 Å². The maximum absolute atomic E-state index is 12.5. The molecule has 0 atom stereocenters. The zero-order chi connectivity index (χ0) is 56.5. The molecule has 4 aromatic heterocycles. The van der Waals surface area contributed by atoms with Gasteiger partial charge in [-0.3, -0.25) is 14.4 Å². The summed E-state index contributed by atoms with van der Waals surface area (Å²) >= 11 is 24.5.